The number of hydrogen-bond acceptors (Lipinski definition) is 4. The quantitative estimate of drug-likeness (QED) is 0.757. The van der Waals surface area contributed by atoms with Gasteiger partial charge in [0.2, 0.25) is 0 Å². The molecule has 1 aliphatic carbocycles. The maximum atomic E-state index is 12.6. The Kier molecular flexibility index (Phi) is 3.98. The van der Waals surface area contributed by atoms with E-state index in [1.54, 1.807) is 23.5 Å². The molecule has 1 aromatic carbocycles. The number of nitriles is 1. The normalized spacial score (nSPS) is 16.9. The number of rotatable bonds is 2. The van der Waals surface area contributed by atoms with E-state index in [1.807, 2.05) is 24.3 Å². The SMILES string of the molecule is C[C@H]1CCc2c(sc3nc(/C=C/c4ccc(C#N)cc4)[nH]c(=O)c23)C1. The van der Waals surface area contributed by atoms with E-state index in [0.29, 0.717) is 17.3 Å². The van der Waals surface area contributed by atoms with Crippen molar-refractivity contribution in [3.63, 3.8) is 0 Å². The van der Waals surface area contributed by atoms with Crippen LogP contribution in [-0.2, 0) is 12.8 Å². The lowest BCUT2D eigenvalue weighted by molar-refractivity contribution is 0.509. The summed E-state index contributed by atoms with van der Waals surface area (Å²) < 4.78 is 0. The van der Waals surface area contributed by atoms with Gasteiger partial charge in [0, 0.05) is 4.88 Å². The molecule has 0 aliphatic heterocycles. The van der Waals surface area contributed by atoms with Gasteiger partial charge >= 0.3 is 0 Å². The first-order valence-electron chi connectivity index (χ1n) is 8.37. The van der Waals surface area contributed by atoms with Gasteiger partial charge < -0.3 is 4.98 Å². The number of aryl methyl sites for hydroxylation is 1. The van der Waals surface area contributed by atoms with Gasteiger partial charge in [0.05, 0.1) is 17.0 Å². The molecule has 0 radical (unpaired) electrons. The zero-order chi connectivity index (χ0) is 17.4. The first kappa shape index (κ1) is 15.8. The van der Waals surface area contributed by atoms with Gasteiger partial charge in [-0.3, -0.25) is 4.79 Å². The minimum Gasteiger partial charge on any atom is -0.306 e. The molecular formula is C20H17N3OS. The van der Waals surface area contributed by atoms with Gasteiger partial charge in [-0.1, -0.05) is 25.1 Å². The van der Waals surface area contributed by atoms with Gasteiger partial charge in [0.1, 0.15) is 10.7 Å². The second kappa shape index (κ2) is 6.30. The Labute approximate surface area is 149 Å². The van der Waals surface area contributed by atoms with Crippen LogP contribution in [0.4, 0.5) is 0 Å². The summed E-state index contributed by atoms with van der Waals surface area (Å²) in [5.74, 6) is 1.24. The van der Waals surface area contributed by atoms with E-state index in [1.165, 1.54) is 10.4 Å². The molecule has 2 heterocycles. The molecule has 4 rings (SSSR count). The van der Waals surface area contributed by atoms with Crippen molar-refractivity contribution >= 4 is 33.7 Å². The third kappa shape index (κ3) is 3.01. The molecule has 0 amide bonds. The molecule has 25 heavy (non-hydrogen) atoms. The Morgan fingerprint density at radius 2 is 2.12 bits per heavy atom. The highest BCUT2D eigenvalue weighted by atomic mass is 32.1. The summed E-state index contributed by atoms with van der Waals surface area (Å²) in [7, 11) is 0. The lowest BCUT2D eigenvalue weighted by atomic mass is 9.89. The van der Waals surface area contributed by atoms with E-state index >= 15 is 0 Å². The Morgan fingerprint density at radius 1 is 1.32 bits per heavy atom. The molecular weight excluding hydrogens is 330 g/mol. The predicted molar refractivity (Wildman–Crippen MR) is 102 cm³/mol. The molecule has 0 saturated heterocycles. The van der Waals surface area contributed by atoms with Crippen LogP contribution in [-0.4, -0.2) is 9.97 Å². The summed E-state index contributed by atoms with van der Waals surface area (Å²) in [6, 6.07) is 9.39. The molecule has 5 heteroatoms. The van der Waals surface area contributed by atoms with E-state index in [9.17, 15) is 4.79 Å². The Bertz CT molecular complexity index is 1070. The predicted octanol–water partition coefficient (Wildman–Crippen LogP) is 4.15. The molecule has 3 aromatic rings. The van der Waals surface area contributed by atoms with E-state index in [2.05, 4.69) is 23.0 Å². The Hall–Kier alpha value is -2.71. The highest BCUT2D eigenvalue weighted by Crippen LogP contribution is 2.35. The number of hydrogen-bond donors (Lipinski definition) is 1. The molecule has 0 bridgehead atoms. The largest absolute Gasteiger partial charge is 0.306 e. The molecule has 0 fully saturated rings. The molecule has 2 aromatic heterocycles. The lowest BCUT2D eigenvalue weighted by Crippen LogP contribution is -2.13. The summed E-state index contributed by atoms with van der Waals surface area (Å²) in [6.45, 7) is 2.26. The van der Waals surface area contributed by atoms with E-state index in [-0.39, 0.29) is 5.56 Å². The first-order valence-corrected chi connectivity index (χ1v) is 9.18. The zero-order valence-corrected chi connectivity index (χ0v) is 14.7. The number of benzene rings is 1. The average Bonchev–Trinajstić information content (AvgIpc) is 2.98. The summed E-state index contributed by atoms with van der Waals surface area (Å²) >= 11 is 1.66. The van der Waals surface area contributed by atoms with Crippen LogP contribution < -0.4 is 5.56 Å². The average molecular weight is 347 g/mol. The van der Waals surface area contributed by atoms with Crippen molar-refractivity contribution < 1.29 is 0 Å². The summed E-state index contributed by atoms with van der Waals surface area (Å²) in [6.07, 6.45) is 6.86. The molecule has 1 aliphatic rings. The molecule has 0 unspecified atom stereocenters. The third-order valence-electron chi connectivity index (χ3n) is 4.66. The minimum absolute atomic E-state index is 0.0449. The van der Waals surface area contributed by atoms with Crippen LogP contribution in [0.1, 0.15) is 40.7 Å². The van der Waals surface area contributed by atoms with Crippen molar-refractivity contribution in [3.05, 3.63) is 62.0 Å². The molecule has 1 atom stereocenters. The molecule has 4 nitrogen and oxygen atoms in total. The zero-order valence-electron chi connectivity index (χ0n) is 13.9. The molecule has 0 spiro atoms. The summed E-state index contributed by atoms with van der Waals surface area (Å²) in [5, 5.41) is 9.62. The van der Waals surface area contributed by atoms with Crippen LogP contribution in [0.15, 0.2) is 29.1 Å². The molecule has 0 saturated carbocycles. The smallest absolute Gasteiger partial charge is 0.260 e. The van der Waals surface area contributed by atoms with Crippen LogP contribution >= 0.6 is 11.3 Å². The number of aromatic nitrogens is 2. The highest BCUT2D eigenvalue weighted by Gasteiger charge is 2.22. The number of nitrogens with zero attached hydrogens (tertiary/aromatic N) is 2. The Morgan fingerprint density at radius 3 is 2.88 bits per heavy atom. The maximum absolute atomic E-state index is 12.6. The fourth-order valence-electron chi connectivity index (χ4n) is 3.29. The number of fused-ring (bicyclic) bond motifs is 3. The summed E-state index contributed by atoms with van der Waals surface area (Å²) in [4.78, 5) is 22.2. The molecule has 1 N–H and O–H groups in total. The summed E-state index contributed by atoms with van der Waals surface area (Å²) in [5.41, 5.74) is 2.75. The Balaban J connectivity index is 1.70. The number of H-pyrrole nitrogens is 1. The molecule has 124 valence electrons. The van der Waals surface area contributed by atoms with Crippen molar-refractivity contribution in [1.82, 2.24) is 9.97 Å². The van der Waals surface area contributed by atoms with Gasteiger partial charge in [0.15, 0.2) is 0 Å². The first-order chi connectivity index (χ1) is 12.1. The van der Waals surface area contributed by atoms with Crippen LogP contribution in [0.3, 0.4) is 0 Å². The second-order valence-corrected chi connectivity index (χ2v) is 7.63. The highest BCUT2D eigenvalue weighted by molar-refractivity contribution is 7.18. The van der Waals surface area contributed by atoms with Crippen molar-refractivity contribution in [1.29, 1.82) is 5.26 Å². The number of aromatic amines is 1. The van der Waals surface area contributed by atoms with Gasteiger partial charge in [-0.05, 0) is 54.5 Å². The lowest BCUT2D eigenvalue weighted by Gasteiger charge is -2.17. The third-order valence-corrected chi connectivity index (χ3v) is 5.81. The fraction of sp³-hybridized carbons (Fsp3) is 0.250. The van der Waals surface area contributed by atoms with Gasteiger partial charge in [0.25, 0.3) is 5.56 Å². The van der Waals surface area contributed by atoms with Crippen molar-refractivity contribution in [2.75, 3.05) is 0 Å². The van der Waals surface area contributed by atoms with E-state index in [0.717, 1.165) is 35.0 Å². The second-order valence-electron chi connectivity index (χ2n) is 6.55. The van der Waals surface area contributed by atoms with E-state index < -0.39 is 0 Å². The standard InChI is InChI=1S/C20H17N3OS/c1-12-2-8-15-16(10-12)25-20-18(15)19(24)22-17(23-20)9-7-13-3-5-14(11-21)6-4-13/h3-7,9,12H,2,8,10H2,1H3,(H,22,23,24)/b9-7+/t12-/m0/s1. The number of nitrogens with one attached hydrogen (secondary N) is 1. The van der Waals surface area contributed by atoms with Crippen LogP contribution in [0.2, 0.25) is 0 Å². The fourth-order valence-corrected chi connectivity index (χ4v) is 4.68. The monoisotopic (exact) mass is 347 g/mol. The number of thiophene rings is 1. The van der Waals surface area contributed by atoms with Crippen LogP contribution in [0, 0.1) is 17.2 Å². The van der Waals surface area contributed by atoms with Gasteiger partial charge in [-0.15, -0.1) is 11.3 Å². The van der Waals surface area contributed by atoms with Crippen LogP contribution in [0.5, 0.6) is 0 Å². The topological polar surface area (TPSA) is 69.5 Å². The van der Waals surface area contributed by atoms with Gasteiger partial charge in [-0.25, -0.2) is 4.98 Å². The van der Waals surface area contributed by atoms with E-state index in [4.69, 9.17) is 5.26 Å². The van der Waals surface area contributed by atoms with Crippen molar-refractivity contribution in [2.24, 2.45) is 5.92 Å². The van der Waals surface area contributed by atoms with Crippen LogP contribution in [0.25, 0.3) is 22.4 Å². The maximum Gasteiger partial charge on any atom is 0.260 e. The van der Waals surface area contributed by atoms with Crippen molar-refractivity contribution in [3.8, 4) is 6.07 Å². The van der Waals surface area contributed by atoms with Crippen molar-refractivity contribution in [2.45, 2.75) is 26.2 Å². The minimum atomic E-state index is -0.0449. The van der Waals surface area contributed by atoms with Gasteiger partial charge in [-0.2, -0.15) is 5.26 Å².